The van der Waals surface area contributed by atoms with Gasteiger partial charge in [0.15, 0.2) is 6.79 Å². The van der Waals surface area contributed by atoms with E-state index < -0.39 is 6.09 Å². The van der Waals surface area contributed by atoms with Gasteiger partial charge in [0.2, 0.25) is 0 Å². The number of rotatable bonds is 2. The molecule has 0 saturated carbocycles. The molecule has 1 rings (SSSR count). The molecule has 5 heteroatoms. The van der Waals surface area contributed by atoms with Crippen LogP contribution in [0.1, 0.15) is 0 Å². The lowest BCUT2D eigenvalue weighted by Crippen LogP contribution is -2.12. The minimum atomic E-state index is -0.496. The van der Waals surface area contributed by atoms with Gasteiger partial charge >= 0.3 is 6.09 Å². The van der Waals surface area contributed by atoms with Gasteiger partial charge in [0.25, 0.3) is 0 Å². The van der Waals surface area contributed by atoms with Crippen molar-refractivity contribution in [3.8, 4) is 0 Å². The van der Waals surface area contributed by atoms with Crippen LogP contribution in [0.5, 0.6) is 0 Å². The van der Waals surface area contributed by atoms with E-state index in [1.54, 1.807) is 0 Å². The summed E-state index contributed by atoms with van der Waals surface area (Å²) in [5.41, 5.74) is 0. The largest absolute Gasteiger partial charge is 0.422 e. The van der Waals surface area contributed by atoms with Crippen LogP contribution < -0.4 is 0 Å². The van der Waals surface area contributed by atoms with Gasteiger partial charge in [-0.25, -0.2) is 14.3 Å². The summed E-state index contributed by atoms with van der Waals surface area (Å²) in [6.07, 6.45) is 3.86. The van der Waals surface area contributed by atoms with E-state index in [1.807, 2.05) is 0 Å². The molecule has 5 nitrogen and oxygen atoms in total. The van der Waals surface area contributed by atoms with Gasteiger partial charge in [0.05, 0.1) is 0 Å². The summed E-state index contributed by atoms with van der Waals surface area (Å²) >= 11 is 0. The number of nitrogens with zero attached hydrogens (tertiary/aromatic N) is 2. The van der Waals surface area contributed by atoms with Gasteiger partial charge < -0.3 is 9.47 Å². The normalized spacial score (nSPS) is 9.55. The highest BCUT2D eigenvalue weighted by Gasteiger charge is 2.02. The second kappa shape index (κ2) is 3.72. The number of hydrogen-bond acceptors (Lipinski definition) is 4. The maximum atomic E-state index is 10.9. The maximum absolute atomic E-state index is 10.9. The van der Waals surface area contributed by atoms with Crippen LogP contribution in [0.15, 0.2) is 18.7 Å². The molecule has 0 unspecified atom stereocenters. The lowest BCUT2D eigenvalue weighted by molar-refractivity contribution is 0.0125. The number of carbonyl (C=O) groups excluding carboxylic acids is 1. The Bertz CT molecular complexity index is 220. The van der Waals surface area contributed by atoms with Crippen LogP contribution in [-0.2, 0) is 9.47 Å². The molecular weight excluding hydrogens is 148 g/mol. The van der Waals surface area contributed by atoms with Crippen molar-refractivity contribution >= 4 is 6.09 Å². The third kappa shape index (κ3) is 2.05. The SMILES string of the molecule is COCOC(=O)n1ccnc1. The zero-order chi connectivity index (χ0) is 8.10. The Morgan fingerprint density at radius 2 is 2.55 bits per heavy atom. The first-order valence-corrected chi connectivity index (χ1v) is 2.98. The molecule has 0 atom stereocenters. The van der Waals surface area contributed by atoms with Gasteiger partial charge in [-0.1, -0.05) is 0 Å². The highest BCUT2D eigenvalue weighted by molar-refractivity contribution is 5.69. The average Bonchev–Trinajstić information content (AvgIpc) is 2.52. The Morgan fingerprint density at radius 3 is 3.09 bits per heavy atom. The smallest absolute Gasteiger partial charge is 0.421 e. The maximum Gasteiger partial charge on any atom is 0.421 e. The van der Waals surface area contributed by atoms with Gasteiger partial charge in [0, 0.05) is 19.5 Å². The fourth-order valence-corrected chi connectivity index (χ4v) is 0.551. The Hall–Kier alpha value is -1.36. The third-order valence-electron chi connectivity index (χ3n) is 1.02. The van der Waals surface area contributed by atoms with E-state index in [9.17, 15) is 4.79 Å². The average molecular weight is 156 g/mol. The monoisotopic (exact) mass is 156 g/mol. The number of imidazole rings is 1. The lowest BCUT2D eigenvalue weighted by atomic mass is 10.9. The quantitative estimate of drug-likeness (QED) is 0.584. The first-order valence-electron chi connectivity index (χ1n) is 2.98. The molecule has 1 aromatic rings. The molecule has 0 aromatic carbocycles. The number of ether oxygens (including phenoxy) is 2. The molecule has 0 aliphatic carbocycles. The summed E-state index contributed by atoms with van der Waals surface area (Å²) in [6.45, 7) is -0.0446. The fourth-order valence-electron chi connectivity index (χ4n) is 0.551. The predicted octanol–water partition coefficient (Wildman–Crippen LogP) is 0.472. The van der Waals surface area contributed by atoms with E-state index in [2.05, 4.69) is 14.5 Å². The van der Waals surface area contributed by atoms with E-state index in [0.717, 1.165) is 0 Å². The summed E-state index contributed by atoms with van der Waals surface area (Å²) in [6, 6.07) is 0. The van der Waals surface area contributed by atoms with Crippen molar-refractivity contribution in [1.82, 2.24) is 9.55 Å². The molecule has 1 aromatic heterocycles. The van der Waals surface area contributed by atoms with Crippen LogP contribution in [0.2, 0.25) is 0 Å². The lowest BCUT2D eigenvalue weighted by Gasteiger charge is -2.01. The first-order chi connectivity index (χ1) is 5.34. The molecule has 0 amide bonds. The molecular formula is C6H8N2O3. The van der Waals surface area contributed by atoms with Gasteiger partial charge in [0.1, 0.15) is 6.33 Å². The van der Waals surface area contributed by atoms with Crippen molar-refractivity contribution in [2.75, 3.05) is 13.9 Å². The van der Waals surface area contributed by atoms with E-state index in [0.29, 0.717) is 0 Å². The van der Waals surface area contributed by atoms with Crippen LogP contribution in [0.3, 0.4) is 0 Å². The molecule has 0 aliphatic heterocycles. The first kappa shape index (κ1) is 7.74. The van der Waals surface area contributed by atoms with Crippen molar-refractivity contribution in [3.05, 3.63) is 18.7 Å². The molecule has 0 bridgehead atoms. The molecule has 11 heavy (non-hydrogen) atoms. The fraction of sp³-hybridized carbons (Fsp3) is 0.333. The summed E-state index contributed by atoms with van der Waals surface area (Å²) in [7, 11) is 1.45. The molecule has 0 aliphatic rings. The number of hydrogen-bond donors (Lipinski definition) is 0. The van der Waals surface area contributed by atoms with E-state index in [-0.39, 0.29) is 6.79 Å². The highest BCUT2D eigenvalue weighted by atomic mass is 16.7. The van der Waals surface area contributed by atoms with Crippen LogP contribution in [-0.4, -0.2) is 29.5 Å². The molecule has 1 heterocycles. The van der Waals surface area contributed by atoms with Gasteiger partial charge in [-0.05, 0) is 0 Å². The van der Waals surface area contributed by atoms with Crippen LogP contribution in [0.4, 0.5) is 4.79 Å². The standard InChI is InChI=1S/C6H8N2O3/c1-10-5-11-6(9)8-3-2-7-4-8/h2-4H,5H2,1H3. The number of methoxy groups -OCH3 is 1. The van der Waals surface area contributed by atoms with E-state index in [4.69, 9.17) is 0 Å². The van der Waals surface area contributed by atoms with E-state index >= 15 is 0 Å². The van der Waals surface area contributed by atoms with Crippen molar-refractivity contribution in [2.45, 2.75) is 0 Å². The Balaban J connectivity index is 2.43. The summed E-state index contributed by atoms with van der Waals surface area (Å²) in [4.78, 5) is 14.6. The number of aromatic nitrogens is 2. The minimum absolute atomic E-state index is 0.0446. The Labute approximate surface area is 63.6 Å². The minimum Gasteiger partial charge on any atom is -0.422 e. The predicted molar refractivity (Wildman–Crippen MR) is 36.0 cm³/mol. The van der Waals surface area contributed by atoms with Crippen LogP contribution >= 0.6 is 0 Å². The summed E-state index contributed by atoms with van der Waals surface area (Å²) in [5, 5.41) is 0. The van der Waals surface area contributed by atoms with Crippen molar-refractivity contribution < 1.29 is 14.3 Å². The summed E-state index contributed by atoms with van der Waals surface area (Å²) in [5.74, 6) is 0. The topological polar surface area (TPSA) is 53.4 Å². The van der Waals surface area contributed by atoms with Crippen LogP contribution in [0.25, 0.3) is 0 Å². The Morgan fingerprint density at radius 1 is 1.73 bits per heavy atom. The summed E-state index contributed by atoms with van der Waals surface area (Å²) < 4.78 is 10.4. The van der Waals surface area contributed by atoms with Crippen molar-refractivity contribution in [3.63, 3.8) is 0 Å². The third-order valence-corrected chi connectivity index (χ3v) is 1.02. The zero-order valence-corrected chi connectivity index (χ0v) is 6.06. The second-order valence-electron chi connectivity index (χ2n) is 1.79. The van der Waals surface area contributed by atoms with E-state index in [1.165, 1.54) is 30.4 Å². The molecule has 0 saturated heterocycles. The highest BCUT2D eigenvalue weighted by Crippen LogP contribution is 1.88. The second-order valence-corrected chi connectivity index (χ2v) is 1.79. The van der Waals surface area contributed by atoms with Gasteiger partial charge in [-0.15, -0.1) is 0 Å². The molecule has 0 radical (unpaired) electrons. The molecule has 0 fully saturated rings. The van der Waals surface area contributed by atoms with Crippen LogP contribution in [0, 0.1) is 0 Å². The molecule has 60 valence electrons. The Kier molecular flexibility index (Phi) is 2.62. The van der Waals surface area contributed by atoms with Crippen molar-refractivity contribution in [2.24, 2.45) is 0 Å². The van der Waals surface area contributed by atoms with Gasteiger partial charge in [-0.2, -0.15) is 0 Å². The molecule has 0 N–H and O–H groups in total. The van der Waals surface area contributed by atoms with Gasteiger partial charge in [-0.3, -0.25) is 0 Å². The molecule has 0 spiro atoms. The zero-order valence-electron chi connectivity index (χ0n) is 6.06. The van der Waals surface area contributed by atoms with Crippen molar-refractivity contribution in [1.29, 1.82) is 0 Å². The number of carbonyl (C=O) groups is 1.